The molecular weight excluding hydrogens is 294 g/mol. The van der Waals surface area contributed by atoms with E-state index in [4.69, 9.17) is 10.2 Å². The van der Waals surface area contributed by atoms with Crippen molar-refractivity contribution >= 4 is 22.8 Å². The number of hydrogen-bond donors (Lipinski definition) is 2. The Morgan fingerprint density at radius 1 is 1.30 bits per heavy atom. The summed E-state index contributed by atoms with van der Waals surface area (Å²) in [4.78, 5) is 25.4. The van der Waals surface area contributed by atoms with E-state index in [2.05, 4.69) is 5.32 Å². The van der Waals surface area contributed by atoms with Crippen molar-refractivity contribution in [3.05, 3.63) is 36.1 Å². The summed E-state index contributed by atoms with van der Waals surface area (Å²) in [5, 5.41) is 3.57. The van der Waals surface area contributed by atoms with Crippen LogP contribution in [-0.2, 0) is 16.1 Å². The van der Waals surface area contributed by atoms with Crippen LogP contribution in [0.5, 0.6) is 0 Å². The van der Waals surface area contributed by atoms with Crippen LogP contribution in [-0.4, -0.2) is 36.3 Å². The molecule has 0 spiro atoms. The largest absolute Gasteiger partial charge is 0.459 e. The van der Waals surface area contributed by atoms with Gasteiger partial charge in [-0.15, -0.1) is 0 Å². The molecule has 1 atom stereocenters. The van der Waals surface area contributed by atoms with E-state index in [9.17, 15) is 9.59 Å². The van der Waals surface area contributed by atoms with Gasteiger partial charge in [-0.05, 0) is 18.1 Å². The van der Waals surface area contributed by atoms with Crippen LogP contribution in [0.4, 0.5) is 0 Å². The van der Waals surface area contributed by atoms with Gasteiger partial charge in [-0.1, -0.05) is 32.0 Å². The number of likely N-dealkylation sites (N-methyl/N-ethyl adjacent to an activating group) is 1. The van der Waals surface area contributed by atoms with Gasteiger partial charge in [-0.2, -0.15) is 0 Å². The van der Waals surface area contributed by atoms with Crippen LogP contribution < -0.4 is 11.1 Å². The number of benzene rings is 1. The molecule has 2 rings (SSSR count). The number of carbonyl (C=O) groups excluding carboxylic acids is 2. The van der Waals surface area contributed by atoms with Crippen molar-refractivity contribution in [3.63, 3.8) is 0 Å². The maximum absolute atomic E-state index is 12.1. The van der Waals surface area contributed by atoms with E-state index in [-0.39, 0.29) is 24.3 Å². The molecule has 6 heteroatoms. The molecule has 6 nitrogen and oxygen atoms in total. The van der Waals surface area contributed by atoms with Crippen molar-refractivity contribution in [2.24, 2.45) is 11.7 Å². The molecular formula is C17H23N3O3. The molecule has 23 heavy (non-hydrogen) atoms. The molecule has 2 aromatic rings. The van der Waals surface area contributed by atoms with Crippen LogP contribution in [0, 0.1) is 5.92 Å². The average molecular weight is 317 g/mol. The number of rotatable bonds is 6. The van der Waals surface area contributed by atoms with E-state index in [1.165, 1.54) is 4.90 Å². The number of furan rings is 1. The summed E-state index contributed by atoms with van der Waals surface area (Å²) < 4.78 is 5.68. The Morgan fingerprint density at radius 2 is 2.00 bits per heavy atom. The smallest absolute Gasteiger partial charge is 0.242 e. The Morgan fingerprint density at radius 3 is 2.65 bits per heavy atom. The third-order valence-electron chi connectivity index (χ3n) is 3.73. The number of hydrogen-bond acceptors (Lipinski definition) is 4. The maximum Gasteiger partial charge on any atom is 0.242 e. The topological polar surface area (TPSA) is 88.6 Å². The molecule has 1 heterocycles. The molecule has 2 amide bonds. The van der Waals surface area contributed by atoms with Gasteiger partial charge in [0.1, 0.15) is 11.3 Å². The molecule has 1 aromatic heterocycles. The number of carbonyl (C=O) groups is 2. The number of para-hydroxylation sites is 1. The Labute approximate surface area is 135 Å². The van der Waals surface area contributed by atoms with E-state index in [1.807, 2.05) is 44.2 Å². The molecule has 0 saturated carbocycles. The van der Waals surface area contributed by atoms with Gasteiger partial charge in [0.05, 0.1) is 19.1 Å². The molecule has 0 radical (unpaired) electrons. The first kappa shape index (κ1) is 17.0. The summed E-state index contributed by atoms with van der Waals surface area (Å²) >= 11 is 0. The fourth-order valence-electron chi connectivity index (χ4n) is 2.15. The van der Waals surface area contributed by atoms with E-state index < -0.39 is 6.04 Å². The lowest BCUT2D eigenvalue weighted by Gasteiger charge is -2.18. The minimum Gasteiger partial charge on any atom is -0.459 e. The lowest BCUT2D eigenvalue weighted by atomic mass is 10.1. The van der Waals surface area contributed by atoms with Gasteiger partial charge in [0.15, 0.2) is 0 Å². The van der Waals surface area contributed by atoms with Crippen LogP contribution in [0.3, 0.4) is 0 Å². The number of amides is 2. The Balaban J connectivity index is 1.88. The van der Waals surface area contributed by atoms with Gasteiger partial charge in [0.2, 0.25) is 11.8 Å². The molecule has 0 bridgehead atoms. The zero-order chi connectivity index (χ0) is 17.0. The van der Waals surface area contributed by atoms with Crippen LogP contribution in [0.1, 0.15) is 19.6 Å². The summed E-state index contributed by atoms with van der Waals surface area (Å²) in [6.07, 6.45) is 0. The van der Waals surface area contributed by atoms with Crippen LogP contribution in [0.15, 0.2) is 34.7 Å². The van der Waals surface area contributed by atoms with Crippen molar-refractivity contribution in [3.8, 4) is 0 Å². The zero-order valence-electron chi connectivity index (χ0n) is 13.7. The SMILES string of the molecule is CC(C)[C@H](N)C(=O)NCC(=O)N(C)Cc1cc2ccccc2o1. The van der Waals surface area contributed by atoms with E-state index in [0.29, 0.717) is 12.3 Å². The molecule has 0 unspecified atom stereocenters. The van der Waals surface area contributed by atoms with Crippen molar-refractivity contribution in [1.82, 2.24) is 10.2 Å². The molecule has 0 saturated heterocycles. The second-order valence-electron chi connectivity index (χ2n) is 5.99. The predicted molar refractivity (Wildman–Crippen MR) is 88.5 cm³/mol. The maximum atomic E-state index is 12.1. The van der Waals surface area contributed by atoms with E-state index >= 15 is 0 Å². The molecule has 0 aliphatic heterocycles. The third kappa shape index (κ3) is 4.32. The molecule has 124 valence electrons. The van der Waals surface area contributed by atoms with E-state index in [0.717, 1.165) is 11.0 Å². The summed E-state index contributed by atoms with van der Waals surface area (Å²) in [6.45, 7) is 4.00. The van der Waals surface area contributed by atoms with Crippen molar-refractivity contribution in [2.45, 2.75) is 26.4 Å². The molecule has 3 N–H and O–H groups in total. The first-order valence-corrected chi connectivity index (χ1v) is 7.63. The Kier molecular flexibility index (Phi) is 5.39. The molecule has 1 aromatic carbocycles. The molecule has 0 aliphatic rings. The second kappa shape index (κ2) is 7.28. The van der Waals surface area contributed by atoms with Gasteiger partial charge < -0.3 is 20.4 Å². The normalized spacial score (nSPS) is 12.4. The van der Waals surface area contributed by atoms with Gasteiger partial charge >= 0.3 is 0 Å². The Bertz CT molecular complexity index is 660. The lowest BCUT2D eigenvalue weighted by Crippen LogP contribution is -2.47. The third-order valence-corrected chi connectivity index (χ3v) is 3.73. The summed E-state index contributed by atoms with van der Waals surface area (Å²) in [7, 11) is 1.67. The molecule has 0 fully saturated rings. The summed E-state index contributed by atoms with van der Waals surface area (Å²) in [5.41, 5.74) is 6.53. The predicted octanol–water partition coefficient (Wildman–Crippen LogP) is 1.49. The van der Waals surface area contributed by atoms with Gasteiger partial charge in [0.25, 0.3) is 0 Å². The fraction of sp³-hybridized carbons (Fsp3) is 0.412. The van der Waals surface area contributed by atoms with Crippen LogP contribution >= 0.6 is 0 Å². The highest BCUT2D eigenvalue weighted by molar-refractivity contribution is 5.87. The minimum atomic E-state index is -0.608. The van der Waals surface area contributed by atoms with Crippen molar-refractivity contribution in [2.75, 3.05) is 13.6 Å². The zero-order valence-corrected chi connectivity index (χ0v) is 13.7. The highest BCUT2D eigenvalue weighted by atomic mass is 16.3. The Hall–Kier alpha value is -2.34. The standard InChI is InChI=1S/C17H23N3O3/c1-11(2)16(18)17(22)19-9-15(21)20(3)10-13-8-12-6-4-5-7-14(12)23-13/h4-8,11,16H,9-10,18H2,1-3H3,(H,19,22)/t16-/m0/s1. The lowest BCUT2D eigenvalue weighted by molar-refractivity contribution is -0.132. The van der Waals surface area contributed by atoms with Gasteiger partial charge in [-0.3, -0.25) is 9.59 Å². The average Bonchev–Trinajstić information content (AvgIpc) is 2.93. The van der Waals surface area contributed by atoms with Gasteiger partial charge in [-0.25, -0.2) is 0 Å². The highest BCUT2D eigenvalue weighted by Crippen LogP contribution is 2.19. The summed E-state index contributed by atoms with van der Waals surface area (Å²) in [6, 6.07) is 8.98. The van der Waals surface area contributed by atoms with Gasteiger partial charge in [0, 0.05) is 12.4 Å². The first-order valence-electron chi connectivity index (χ1n) is 7.63. The van der Waals surface area contributed by atoms with Crippen molar-refractivity contribution in [1.29, 1.82) is 0 Å². The fourth-order valence-corrected chi connectivity index (χ4v) is 2.15. The summed E-state index contributed by atoms with van der Waals surface area (Å²) in [5.74, 6) is 0.214. The monoisotopic (exact) mass is 317 g/mol. The second-order valence-corrected chi connectivity index (χ2v) is 5.99. The van der Waals surface area contributed by atoms with E-state index in [1.54, 1.807) is 7.05 Å². The highest BCUT2D eigenvalue weighted by Gasteiger charge is 2.19. The minimum absolute atomic E-state index is 0.0263. The number of nitrogens with zero attached hydrogens (tertiary/aromatic N) is 1. The first-order chi connectivity index (χ1) is 10.9. The van der Waals surface area contributed by atoms with Crippen LogP contribution in [0.2, 0.25) is 0 Å². The van der Waals surface area contributed by atoms with Crippen LogP contribution in [0.25, 0.3) is 11.0 Å². The quantitative estimate of drug-likeness (QED) is 0.845. The number of nitrogens with two attached hydrogens (primary N) is 1. The number of nitrogens with one attached hydrogen (secondary N) is 1. The van der Waals surface area contributed by atoms with Crippen molar-refractivity contribution < 1.29 is 14.0 Å². The number of fused-ring (bicyclic) bond motifs is 1. The molecule has 0 aliphatic carbocycles.